The third kappa shape index (κ3) is 5.87. The van der Waals surface area contributed by atoms with Crippen molar-refractivity contribution >= 4 is 18.4 Å². The summed E-state index contributed by atoms with van der Waals surface area (Å²) in [7, 11) is -3.08. The van der Waals surface area contributed by atoms with Gasteiger partial charge in [-0.1, -0.05) is 38.5 Å². The van der Waals surface area contributed by atoms with Crippen molar-refractivity contribution in [1.82, 2.24) is 0 Å². The van der Waals surface area contributed by atoms with Gasteiger partial charge in [-0.2, -0.15) is 8.42 Å². The summed E-state index contributed by atoms with van der Waals surface area (Å²) in [6.45, 7) is 12.2. The Morgan fingerprint density at radius 3 is 1.88 bits per heavy atom. The molecule has 0 amide bonds. The fourth-order valence-corrected chi connectivity index (χ4v) is 3.76. The van der Waals surface area contributed by atoms with Crippen molar-refractivity contribution in [3.63, 3.8) is 0 Å². The summed E-state index contributed by atoms with van der Waals surface area (Å²) in [6.07, 6.45) is 0. The second kappa shape index (κ2) is 8.49. The van der Waals surface area contributed by atoms with Crippen LogP contribution in [0.3, 0.4) is 0 Å². The minimum atomic E-state index is -3.92. The third-order valence-electron chi connectivity index (χ3n) is 4.95. The monoisotopic (exact) mass is 404 g/mol. The van der Waals surface area contributed by atoms with Crippen LogP contribution < -0.4 is 0 Å². The molecule has 0 aliphatic carbocycles. The molecular weight excluding hydrogens is 372 g/mol. The lowest BCUT2D eigenvalue weighted by molar-refractivity contribution is -0.237. The van der Waals surface area contributed by atoms with Crippen molar-refractivity contribution in [2.24, 2.45) is 0 Å². The number of aryl methyl sites for hydroxylation is 1. The maximum absolute atomic E-state index is 12.4. The zero-order valence-electron chi connectivity index (χ0n) is 17.1. The highest BCUT2D eigenvalue weighted by atomic mass is 32.2. The summed E-state index contributed by atoms with van der Waals surface area (Å²) < 4.78 is 47.0. The molecule has 0 aromatic heterocycles. The first kappa shape index (κ1) is 23.3. The third-order valence-corrected chi connectivity index (χ3v) is 10.7. The summed E-state index contributed by atoms with van der Waals surface area (Å²) in [5.41, 5.74) is 0.967. The number of benzene rings is 1. The van der Waals surface area contributed by atoms with Gasteiger partial charge in [-0.05, 0) is 37.2 Å². The molecule has 0 spiro atoms. The number of ether oxygens (including phenoxy) is 2. The molecule has 0 fully saturated rings. The van der Waals surface area contributed by atoms with E-state index in [-0.39, 0.29) is 23.1 Å². The fraction of sp³-hybridized carbons (Fsp3) is 0.667. The van der Waals surface area contributed by atoms with Crippen LogP contribution >= 0.6 is 0 Å². The van der Waals surface area contributed by atoms with Gasteiger partial charge in [0.2, 0.25) is 5.79 Å². The molecule has 1 aromatic carbocycles. The Labute approximate surface area is 159 Å². The van der Waals surface area contributed by atoms with Gasteiger partial charge in [0.1, 0.15) is 6.61 Å². The van der Waals surface area contributed by atoms with E-state index in [0.717, 1.165) is 5.56 Å². The molecule has 26 heavy (non-hydrogen) atoms. The van der Waals surface area contributed by atoms with Crippen molar-refractivity contribution in [2.75, 3.05) is 27.4 Å². The van der Waals surface area contributed by atoms with E-state index < -0.39 is 24.2 Å². The average molecular weight is 405 g/mol. The van der Waals surface area contributed by atoms with Gasteiger partial charge in [-0.15, -0.1) is 0 Å². The second-order valence-corrected chi connectivity index (χ2v) is 14.3. The Bertz CT molecular complexity index is 673. The first-order valence-corrected chi connectivity index (χ1v) is 12.8. The molecule has 0 unspecified atom stereocenters. The Kier molecular flexibility index (Phi) is 7.60. The van der Waals surface area contributed by atoms with Gasteiger partial charge in [0.25, 0.3) is 10.1 Å². The minimum Gasteiger partial charge on any atom is -0.411 e. The molecule has 0 N–H and O–H groups in total. The summed E-state index contributed by atoms with van der Waals surface area (Å²) in [5.74, 6) is -1.30. The van der Waals surface area contributed by atoms with E-state index in [2.05, 4.69) is 33.9 Å². The smallest absolute Gasteiger partial charge is 0.297 e. The van der Waals surface area contributed by atoms with Crippen molar-refractivity contribution in [3.8, 4) is 0 Å². The Hall–Kier alpha value is -0.773. The van der Waals surface area contributed by atoms with Crippen LogP contribution in [0.1, 0.15) is 26.3 Å². The highest BCUT2D eigenvalue weighted by molar-refractivity contribution is 7.86. The van der Waals surface area contributed by atoms with Gasteiger partial charge < -0.3 is 13.9 Å². The first-order chi connectivity index (χ1) is 11.8. The minimum absolute atomic E-state index is 0.00898. The van der Waals surface area contributed by atoms with Gasteiger partial charge in [0.15, 0.2) is 8.32 Å². The van der Waals surface area contributed by atoms with Crippen molar-refractivity contribution in [3.05, 3.63) is 29.8 Å². The van der Waals surface area contributed by atoms with Crippen LogP contribution in [-0.2, 0) is 28.2 Å². The summed E-state index contributed by atoms with van der Waals surface area (Å²) in [4.78, 5) is 0.0921. The summed E-state index contributed by atoms with van der Waals surface area (Å²) >= 11 is 0. The number of methoxy groups -OCH3 is 2. The molecule has 0 bridgehead atoms. The van der Waals surface area contributed by atoms with Gasteiger partial charge in [0.05, 0.1) is 11.5 Å². The predicted octanol–water partition coefficient (Wildman–Crippen LogP) is 3.71. The first-order valence-electron chi connectivity index (χ1n) is 8.49. The lowest BCUT2D eigenvalue weighted by atomic mass is 10.2. The molecule has 1 rings (SSSR count). The molecule has 150 valence electrons. The van der Waals surface area contributed by atoms with Crippen LogP contribution in [0.5, 0.6) is 0 Å². The average Bonchev–Trinajstić information content (AvgIpc) is 2.55. The fourth-order valence-electron chi connectivity index (χ4n) is 1.81. The maximum atomic E-state index is 12.4. The number of hydrogen-bond acceptors (Lipinski definition) is 6. The molecule has 0 radical (unpaired) electrons. The number of rotatable bonds is 9. The van der Waals surface area contributed by atoms with Gasteiger partial charge in [0, 0.05) is 14.2 Å². The lowest BCUT2D eigenvalue weighted by Crippen LogP contribution is -2.50. The second-order valence-electron chi connectivity index (χ2n) is 7.90. The van der Waals surface area contributed by atoms with Crippen molar-refractivity contribution < 1.29 is 26.5 Å². The van der Waals surface area contributed by atoms with E-state index in [1.807, 2.05) is 6.92 Å². The van der Waals surface area contributed by atoms with Gasteiger partial charge in [-0.3, -0.25) is 4.18 Å². The van der Waals surface area contributed by atoms with Crippen LogP contribution in [0, 0.1) is 6.92 Å². The quantitative estimate of drug-likeness (QED) is 0.355. The molecule has 0 aliphatic rings. The van der Waals surface area contributed by atoms with E-state index in [1.165, 1.54) is 26.4 Å². The summed E-state index contributed by atoms with van der Waals surface area (Å²) in [6, 6.07) is 6.46. The van der Waals surface area contributed by atoms with Crippen LogP contribution in [0.2, 0.25) is 18.1 Å². The topological polar surface area (TPSA) is 71.1 Å². The largest absolute Gasteiger partial charge is 0.411 e. The molecule has 8 heteroatoms. The number of hydrogen-bond donors (Lipinski definition) is 0. The summed E-state index contributed by atoms with van der Waals surface area (Å²) in [5, 5.41) is 0.00898. The van der Waals surface area contributed by atoms with Crippen LogP contribution in [0.25, 0.3) is 0 Å². The molecule has 0 saturated heterocycles. The molecule has 6 nitrogen and oxygen atoms in total. The SMILES string of the molecule is COC(CO[Si](C)(C)C(C)(C)C)(COS(=O)(=O)c1ccc(C)cc1)OC. The Balaban J connectivity index is 2.88. The Morgan fingerprint density at radius 2 is 1.46 bits per heavy atom. The molecule has 0 heterocycles. The Morgan fingerprint density at radius 1 is 0.962 bits per heavy atom. The van der Waals surface area contributed by atoms with Crippen LogP contribution in [0.15, 0.2) is 29.2 Å². The van der Waals surface area contributed by atoms with Gasteiger partial charge >= 0.3 is 0 Å². The normalized spacial score (nSPS) is 13.8. The predicted molar refractivity (Wildman–Crippen MR) is 104 cm³/mol. The molecule has 0 saturated carbocycles. The molecule has 0 atom stereocenters. The lowest BCUT2D eigenvalue weighted by Gasteiger charge is -2.39. The molecule has 0 aliphatic heterocycles. The van der Waals surface area contributed by atoms with Crippen LogP contribution in [-0.4, -0.2) is 50.0 Å². The molecular formula is C18H32O6SSi. The van der Waals surface area contributed by atoms with Crippen LogP contribution in [0.4, 0.5) is 0 Å². The highest BCUT2D eigenvalue weighted by Crippen LogP contribution is 2.37. The van der Waals surface area contributed by atoms with Gasteiger partial charge in [-0.25, -0.2) is 0 Å². The van der Waals surface area contributed by atoms with E-state index in [0.29, 0.717) is 0 Å². The zero-order valence-corrected chi connectivity index (χ0v) is 18.9. The van der Waals surface area contributed by atoms with E-state index in [1.54, 1.807) is 12.1 Å². The van der Waals surface area contributed by atoms with Crippen molar-refractivity contribution in [2.45, 2.75) is 56.5 Å². The van der Waals surface area contributed by atoms with E-state index in [4.69, 9.17) is 18.1 Å². The molecule has 1 aromatic rings. The highest BCUT2D eigenvalue weighted by Gasteiger charge is 2.41. The maximum Gasteiger partial charge on any atom is 0.297 e. The standard InChI is InChI=1S/C18H32O6SSi/c1-15-9-11-16(12-10-15)25(19,20)23-13-18(21-5,22-6)14-24-26(7,8)17(2,3)4/h9-12H,13-14H2,1-8H3. The van der Waals surface area contributed by atoms with Crippen molar-refractivity contribution in [1.29, 1.82) is 0 Å². The van der Waals surface area contributed by atoms with E-state index >= 15 is 0 Å². The van der Waals surface area contributed by atoms with E-state index in [9.17, 15) is 8.42 Å². The zero-order chi connectivity index (χ0) is 20.2.